The first kappa shape index (κ1) is 17.9. The van der Waals surface area contributed by atoms with E-state index in [-0.39, 0.29) is 5.03 Å². The molecule has 1 aromatic heterocycles. The Kier molecular flexibility index (Phi) is 4.61. The molecule has 0 radical (unpaired) electrons. The van der Waals surface area contributed by atoms with Crippen LogP contribution in [0.15, 0.2) is 41.6 Å². The summed E-state index contributed by atoms with van der Waals surface area (Å²) in [5.74, 6) is 0. The van der Waals surface area contributed by atoms with Gasteiger partial charge in [-0.15, -0.1) is 0 Å². The van der Waals surface area contributed by atoms with Gasteiger partial charge in [-0.05, 0) is 37.6 Å². The Morgan fingerprint density at radius 1 is 1.04 bits per heavy atom. The van der Waals surface area contributed by atoms with E-state index in [0.717, 1.165) is 11.3 Å². The van der Waals surface area contributed by atoms with Crippen molar-refractivity contribution in [3.63, 3.8) is 0 Å². The fourth-order valence-electron chi connectivity index (χ4n) is 2.93. The Morgan fingerprint density at radius 3 is 2.12 bits per heavy atom. The second-order valence-electron chi connectivity index (χ2n) is 6.82. The fraction of sp³-hybridized carbons (Fsp3) is 0.471. The van der Waals surface area contributed by atoms with Crippen molar-refractivity contribution in [1.82, 2.24) is 14.1 Å². The van der Waals surface area contributed by atoms with Gasteiger partial charge in [0.15, 0.2) is 5.03 Å². The molecule has 2 heterocycles. The number of hydrogen-bond donors (Lipinski definition) is 1. The minimum Gasteiger partial charge on any atom is -0.386 e. The van der Waals surface area contributed by atoms with Gasteiger partial charge in [0.1, 0.15) is 0 Å². The lowest BCUT2D eigenvalue weighted by atomic mass is 9.98. The number of sulfonamides is 1. The zero-order valence-electron chi connectivity index (χ0n) is 14.8. The molecule has 1 aliphatic rings. The first-order valence-corrected chi connectivity index (χ1v) is 9.69. The molecule has 1 N–H and O–H groups in total. The van der Waals surface area contributed by atoms with Gasteiger partial charge in [-0.25, -0.2) is 8.42 Å². The Morgan fingerprint density at radius 2 is 1.64 bits per heavy atom. The Balaban J connectivity index is 1.68. The number of hydrogen-bond acceptors (Lipinski definition) is 5. The van der Waals surface area contributed by atoms with E-state index in [9.17, 15) is 13.5 Å². The summed E-state index contributed by atoms with van der Waals surface area (Å²) in [7, 11) is -1.83. The molecule has 1 aromatic carbocycles. The molecule has 0 amide bonds. The molecule has 136 valence electrons. The molecular weight excluding hydrogens is 340 g/mol. The Labute approximate surface area is 148 Å². The maximum absolute atomic E-state index is 12.6. The third-order valence-corrected chi connectivity index (χ3v) is 6.26. The van der Waals surface area contributed by atoms with Crippen molar-refractivity contribution in [3.8, 4) is 0 Å². The van der Waals surface area contributed by atoms with Crippen molar-refractivity contribution in [1.29, 1.82) is 0 Å². The number of piperazine rings is 1. The third kappa shape index (κ3) is 3.70. The second kappa shape index (κ2) is 6.44. The lowest BCUT2D eigenvalue weighted by Crippen LogP contribution is -2.48. The molecule has 1 fully saturated rings. The van der Waals surface area contributed by atoms with Crippen LogP contribution in [-0.4, -0.2) is 53.8 Å². The highest BCUT2D eigenvalue weighted by molar-refractivity contribution is 7.89. The SMILES string of the molecule is Cn1ccc(S(=O)(=O)N2CCN(c3ccc(C(C)(C)O)cc3)CC2)n1. The van der Waals surface area contributed by atoms with Crippen LogP contribution in [0, 0.1) is 0 Å². The van der Waals surface area contributed by atoms with Crippen LogP contribution >= 0.6 is 0 Å². The highest BCUT2D eigenvalue weighted by Gasteiger charge is 2.30. The maximum atomic E-state index is 12.6. The molecule has 25 heavy (non-hydrogen) atoms. The molecule has 0 aliphatic carbocycles. The van der Waals surface area contributed by atoms with E-state index in [1.54, 1.807) is 27.1 Å². The van der Waals surface area contributed by atoms with Gasteiger partial charge in [0.05, 0.1) is 5.60 Å². The Hall–Kier alpha value is -1.90. The average molecular weight is 364 g/mol. The van der Waals surface area contributed by atoms with Gasteiger partial charge in [-0.1, -0.05) is 12.1 Å². The summed E-state index contributed by atoms with van der Waals surface area (Å²) in [6.45, 7) is 5.59. The maximum Gasteiger partial charge on any atom is 0.262 e. The number of anilines is 1. The molecule has 2 aromatic rings. The standard InChI is InChI=1S/C17H24N4O3S/c1-17(2,22)14-4-6-15(7-5-14)20-10-12-21(13-11-20)25(23,24)16-8-9-19(3)18-16/h4-9,22H,10-13H2,1-3H3. The molecule has 3 rings (SSSR count). The molecule has 0 atom stereocenters. The zero-order valence-corrected chi connectivity index (χ0v) is 15.6. The van der Waals surface area contributed by atoms with Crippen LogP contribution in [0.1, 0.15) is 19.4 Å². The van der Waals surface area contributed by atoms with Gasteiger partial charge in [0, 0.05) is 45.1 Å². The highest BCUT2D eigenvalue weighted by atomic mass is 32.2. The first-order chi connectivity index (χ1) is 11.7. The monoisotopic (exact) mass is 364 g/mol. The summed E-state index contributed by atoms with van der Waals surface area (Å²) < 4.78 is 28.2. The lowest BCUT2D eigenvalue weighted by Gasteiger charge is -2.35. The minimum absolute atomic E-state index is 0.0954. The topological polar surface area (TPSA) is 78.7 Å². The van der Waals surface area contributed by atoms with Crippen molar-refractivity contribution >= 4 is 15.7 Å². The van der Waals surface area contributed by atoms with Gasteiger partial charge in [0.2, 0.25) is 0 Å². The lowest BCUT2D eigenvalue weighted by molar-refractivity contribution is 0.0786. The summed E-state index contributed by atoms with van der Waals surface area (Å²) in [5, 5.41) is 14.1. The van der Waals surface area contributed by atoms with Crippen LogP contribution in [-0.2, 0) is 22.7 Å². The normalized spacial score (nSPS) is 17.0. The quantitative estimate of drug-likeness (QED) is 0.881. The smallest absolute Gasteiger partial charge is 0.262 e. The van der Waals surface area contributed by atoms with Gasteiger partial charge in [-0.2, -0.15) is 9.40 Å². The van der Waals surface area contributed by atoms with Crippen LogP contribution in [0.25, 0.3) is 0 Å². The largest absolute Gasteiger partial charge is 0.386 e. The average Bonchev–Trinajstić information content (AvgIpc) is 3.02. The summed E-state index contributed by atoms with van der Waals surface area (Å²) in [6, 6.07) is 9.28. The number of nitrogens with zero attached hydrogens (tertiary/aromatic N) is 4. The molecule has 1 aliphatic heterocycles. The van der Waals surface area contributed by atoms with Crippen molar-refractivity contribution < 1.29 is 13.5 Å². The van der Waals surface area contributed by atoms with E-state index in [2.05, 4.69) is 10.00 Å². The number of aryl methyl sites for hydroxylation is 1. The van der Waals surface area contributed by atoms with E-state index < -0.39 is 15.6 Å². The molecule has 0 spiro atoms. The summed E-state index contributed by atoms with van der Waals surface area (Å²) in [5.41, 5.74) is 1.02. The number of rotatable bonds is 4. The number of benzene rings is 1. The molecule has 0 bridgehead atoms. The van der Waals surface area contributed by atoms with Crippen LogP contribution < -0.4 is 4.90 Å². The van der Waals surface area contributed by atoms with Gasteiger partial charge in [-0.3, -0.25) is 4.68 Å². The van der Waals surface area contributed by atoms with E-state index in [1.807, 2.05) is 24.3 Å². The van der Waals surface area contributed by atoms with Crippen LogP contribution in [0.4, 0.5) is 5.69 Å². The van der Waals surface area contributed by atoms with Crippen molar-refractivity contribution in [2.45, 2.75) is 24.5 Å². The van der Waals surface area contributed by atoms with Gasteiger partial charge >= 0.3 is 0 Å². The Bertz CT molecular complexity index is 830. The molecule has 7 nitrogen and oxygen atoms in total. The highest BCUT2D eigenvalue weighted by Crippen LogP contribution is 2.24. The van der Waals surface area contributed by atoms with Crippen molar-refractivity contribution in [2.24, 2.45) is 7.05 Å². The number of aliphatic hydroxyl groups is 1. The van der Waals surface area contributed by atoms with Crippen LogP contribution in [0.2, 0.25) is 0 Å². The predicted molar refractivity (Wildman–Crippen MR) is 95.9 cm³/mol. The molecule has 1 saturated heterocycles. The van der Waals surface area contributed by atoms with E-state index in [4.69, 9.17) is 0 Å². The van der Waals surface area contributed by atoms with Gasteiger partial charge in [0.25, 0.3) is 10.0 Å². The molecule has 0 unspecified atom stereocenters. The van der Waals surface area contributed by atoms with Crippen molar-refractivity contribution in [3.05, 3.63) is 42.1 Å². The minimum atomic E-state index is -3.53. The zero-order chi connectivity index (χ0) is 18.2. The van der Waals surface area contributed by atoms with Gasteiger partial charge < -0.3 is 10.0 Å². The molecule has 0 saturated carbocycles. The fourth-order valence-corrected chi connectivity index (χ4v) is 4.30. The van der Waals surface area contributed by atoms with E-state index in [1.165, 1.54) is 15.1 Å². The van der Waals surface area contributed by atoms with E-state index in [0.29, 0.717) is 26.2 Å². The van der Waals surface area contributed by atoms with Crippen LogP contribution in [0.3, 0.4) is 0 Å². The van der Waals surface area contributed by atoms with E-state index >= 15 is 0 Å². The molecule has 8 heteroatoms. The van der Waals surface area contributed by atoms with Crippen molar-refractivity contribution in [2.75, 3.05) is 31.1 Å². The van der Waals surface area contributed by atoms with Crippen LogP contribution in [0.5, 0.6) is 0 Å². The first-order valence-electron chi connectivity index (χ1n) is 8.25. The third-order valence-electron chi connectivity index (χ3n) is 4.47. The molecular formula is C17H24N4O3S. The summed E-state index contributed by atoms with van der Waals surface area (Å²) in [6.07, 6.45) is 1.63. The second-order valence-corrected chi connectivity index (χ2v) is 8.71. The summed E-state index contributed by atoms with van der Waals surface area (Å²) >= 11 is 0. The summed E-state index contributed by atoms with van der Waals surface area (Å²) in [4.78, 5) is 2.15. The predicted octanol–water partition coefficient (Wildman–Crippen LogP) is 1.16. The number of aromatic nitrogens is 2.